The molecule has 3 rings (SSSR count). The highest BCUT2D eigenvalue weighted by Gasteiger charge is 2.17. The third kappa shape index (κ3) is 5.87. The van der Waals surface area contributed by atoms with E-state index in [2.05, 4.69) is 10.0 Å². The van der Waals surface area contributed by atoms with Gasteiger partial charge in [0, 0.05) is 24.4 Å². The van der Waals surface area contributed by atoms with E-state index in [1.54, 1.807) is 43.5 Å². The van der Waals surface area contributed by atoms with Gasteiger partial charge in [-0.15, -0.1) is 0 Å². The molecule has 0 radical (unpaired) electrons. The molecule has 0 aromatic heterocycles. The van der Waals surface area contributed by atoms with Crippen LogP contribution in [-0.4, -0.2) is 34.6 Å². The normalized spacial score (nSPS) is 11.1. The van der Waals surface area contributed by atoms with E-state index in [1.165, 1.54) is 24.3 Å². The number of carbonyl (C=O) groups is 1. The van der Waals surface area contributed by atoms with Crippen LogP contribution in [0.15, 0.2) is 71.6 Å². The van der Waals surface area contributed by atoms with Crippen molar-refractivity contribution in [2.75, 3.05) is 30.4 Å². The van der Waals surface area contributed by atoms with Gasteiger partial charge in [-0.25, -0.2) is 8.42 Å². The Balaban J connectivity index is 1.69. The lowest BCUT2D eigenvalue weighted by molar-refractivity contribution is 0.102. The van der Waals surface area contributed by atoms with Crippen LogP contribution in [-0.2, 0) is 14.8 Å². The molecule has 0 saturated heterocycles. The van der Waals surface area contributed by atoms with Crippen molar-refractivity contribution in [2.45, 2.75) is 18.7 Å². The second kappa shape index (κ2) is 10.3. The van der Waals surface area contributed by atoms with Gasteiger partial charge in [-0.3, -0.25) is 9.52 Å². The SMILES string of the molecule is COCCOc1cccc(NC(=O)c2ccc(S(=O)(=O)Nc3cccc(C)c3C)cc2)c1. The van der Waals surface area contributed by atoms with Crippen molar-refractivity contribution in [1.29, 1.82) is 0 Å². The predicted molar refractivity (Wildman–Crippen MR) is 125 cm³/mol. The number of amides is 1. The van der Waals surface area contributed by atoms with E-state index >= 15 is 0 Å². The lowest BCUT2D eigenvalue weighted by atomic mass is 10.1. The topological polar surface area (TPSA) is 93.7 Å². The van der Waals surface area contributed by atoms with E-state index in [1.807, 2.05) is 19.9 Å². The highest BCUT2D eigenvalue weighted by Crippen LogP contribution is 2.23. The molecule has 0 aliphatic rings. The monoisotopic (exact) mass is 454 g/mol. The minimum atomic E-state index is -3.78. The van der Waals surface area contributed by atoms with Crippen LogP contribution in [0.25, 0.3) is 0 Å². The summed E-state index contributed by atoms with van der Waals surface area (Å²) in [6, 6.07) is 18.2. The first-order valence-electron chi connectivity index (χ1n) is 10.0. The van der Waals surface area contributed by atoms with Gasteiger partial charge in [-0.1, -0.05) is 18.2 Å². The second-order valence-corrected chi connectivity index (χ2v) is 8.88. The second-order valence-electron chi connectivity index (χ2n) is 7.20. The lowest BCUT2D eigenvalue weighted by Gasteiger charge is -2.12. The molecule has 1 amide bonds. The summed E-state index contributed by atoms with van der Waals surface area (Å²) in [7, 11) is -2.19. The zero-order chi connectivity index (χ0) is 23.1. The number of sulfonamides is 1. The van der Waals surface area contributed by atoms with Gasteiger partial charge < -0.3 is 14.8 Å². The molecule has 8 heteroatoms. The molecule has 3 aromatic carbocycles. The van der Waals surface area contributed by atoms with E-state index in [-0.39, 0.29) is 10.8 Å². The van der Waals surface area contributed by atoms with Crippen LogP contribution in [0, 0.1) is 13.8 Å². The molecule has 32 heavy (non-hydrogen) atoms. The van der Waals surface area contributed by atoms with Crippen molar-refractivity contribution < 1.29 is 22.7 Å². The number of anilines is 2. The van der Waals surface area contributed by atoms with Crippen LogP contribution in [0.5, 0.6) is 5.75 Å². The van der Waals surface area contributed by atoms with Gasteiger partial charge in [-0.05, 0) is 67.4 Å². The quantitative estimate of drug-likeness (QED) is 0.468. The Bertz CT molecular complexity index is 1190. The smallest absolute Gasteiger partial charge is 0.261 e. The van der Waals surface area contributed by atoms with Crippen molar-refractivity contribution in [1.82, 2.24) is 0 Å². The maximum absolute atomic E-state index is 12.7. The molecule has 7 nitrogen and oxygen atoms in total. The van der Waals surface area contributed by atoms with Crippen LogP contribution >= 0.6 is 0 Å². The maximum atomic E-state index is 12.7. The van der Waals surface area contributed by atoms with Gasteiger partial charge in [0.05, 0.1) is 17.2 Å². The molecule has 0 aliphatic carbocycles. The average Bonchev–Trinajstić information content (AvgIpc) is 2.77. The van der Waals surface area contributed by atoms with Crippen molar-refractivity contribution in [3.8, 4) is 5.75 Å². The van der Waals surface area contributed by atoms with E-state index in [9.17, 15) is 13.2 Å². The van der Waals surface area contributed by atoms with Crippen LogP contribution in [0.1, 0.15) is 21.5 Å². The van der Waals surface area contributed by atoms with Crippen LogP contribution in [0.3, 0.4) is 0 Å². The first kappa shape index (κ1) is 23.3. The fraction of sp³-hybridized carbons (Fsp3) is 0.208. The first-order valence-corrected chi connectivity index (χ1v) is 11.5. The van der Waals surface area contributed by atoms with Crippen LogP contribution in [0.2, 0.25) is 0 Å². The van der Waals surface area contributed by atoms with Gasteiger partial charge >= 0.3 is 0 Å². The summed E-state index contributed by atoms with van der Waals surface area (Å²) in [6.45, 7) is 4.64. The van der Waals surface area contributed by atoms with Crippen LogP contribution in [0.4, 0.5) is 11.4 Å². The average molecular weight is 455 g/mol. The molecule has 168 valence electrons. The van der Waals surface area contributed by atoms with Crippen molar-refractivity contribution in [3.05, 3.63) is 83.4 Å². The lowest BCUT2D eigenvalue weighted by Crippen LogP contribution is -2.15. The number of hydrogen-bond acceptors (Lipinski definition) is 5. The fourth-order valence-corrected chi connectivity index (χ4v) is 4.08. The summed E-state index contributed by atoms with van der Waals surface area (Å²) in [5.74, 6) is 0.254. The third-order valence-corrected chi connectivity index (χ3v) is 6.31. The van der Waals surface area contributed by atoms with E-state index in [0.29, 0.717) is 35.9 Å². The zero-order valence-electron chi connectivity index (χ0n) is 18.2. The Morgan fingerprint density at radius 1 is 0.938 bits per heavy atom. The van der Waals surface area contributed by atoms with Gasteiger partial charge in [-0.2, -0.15) is 0 Å². The molecule has 2 N–H and O–H groups in total. The Hall–Kier alpha value is -3.36. The number of methoxy groups -OCH3 is 1. The summed E-state index contributed by atoms with van der Waals surface area (Å²) in [5, 5.41) is 2.79. The summed E-state index contributed by atoms with van der Waals surface area (Å²) in [5.41, 5.74) is 3.28. The van der Waals surface area contributed by atoms with Gasteiger partial charge in [0.2, 0.25) is 0 Å². The summed E-state index contributed by atoms with van der Waals surface area (Å²) in [6.07, 6.45) is 0. The van der Waals surface area contributed by atoms with Crippen molar-refractivity contribution in [3.63, 3.8) is 0 Å². The largest absolute Gasteiger partial charge is 0.491 e. The molecular weight excluding hydrogens is 428 g/mol. The Kier molecular flexibility index (Phi) is 7.50. The van der Waals surface area contributed by atoms with E-state index in [4.69, 9.17) is 9.47 Å². The van der Waals surface area contributed by atoms with Crippen molar-refractivity contribution in [2.24, 2.45) is 0 Å². The zero-order valence-corrected chi connectivity index (χ0v) is 19.0. The minimum absolute atomic E-state index is 0.0727. The van der Waals surface area contributed by atoms with Gasteiger partial charge in [0.15, 0.2) is 0 Å². The van der Waals surface area contributed by atoms with Crippen molar-refractivity contribution >= 4 is 27.3 Å². The molecule has 0 atom stereocenters. The molecular formula is C24H26N2O5S. The summed E-state index contributed by atoms with van der Waals surface area (Å²) >= 11 is 0. The highest BCUT2D eigenvalue weighted by atomic mass is 32.2. The van der Waals surface area contributed by atoms with Crippen LogP contribution < -0.4 is 14.8 Å². The summed E-state index contributed by atoms with van der Waals surface area (Å²) < 4.78 is 38.6. The van der Waals surface area contributed by atoms with E-state index in [0.717, 1.165) is 11.1 Å². The number of benzene rings is 3. The number of nitrogens with one attached hydrogen (secondary N) is 2. The predicted octanol–water partition coefficient (Wildman–Crippen LogP) is 4.38. The van der Waals surface area contributed by atoms with E-state index < -0.39 is 10.0 Å². The Morgan fingerprint density at radius 2 is 1.66 bits per heavy atom. The molecule has 0 fully saturated rings. The first-order chi connectivity index (χ1) is 15.3. The Morgan fingerprint density at radius 3 is 2.38 bits per heavy atom. The molecule has 0 heterocycles. The molecule has 0 spiro atoms. The summed E-state index contributed by atoms with van der Waals surface area (Å²) in [4.78, 5) is 12.7. The molecule has 0 bridgehead atoms. The molecule has 0 unspecified atom stereocenters. The third-order valence-electron chi connectivity index (χ3n) is 4.92. The number of carbonyl (C=O) groups excluding carboxylic acids is 1. The van der Waals surface area contributed by atoms with Gasteiger partial charge in [0.1, 0.15) is 12.4 Å². The number of aryl methyl sites for hydroxylation is 1. The fourth-order valence-electron chi connectivity index (χ4n) is 2.96. The Labute approximate surface area is 188 Å². The molecule has 3 aromatic rings. The standard InChI is InChI=1S/C24H26N2O5S/c1-17-6-4-9-23(18(17)2)26-32(28,29)22-12-10-19(11-13-22)24(27)25-20-7-5-8-21(16-20)31-15-14-30-3/h4-13,16,26H,14-15H2,1-3H3,(H,25,27). The highest BCUT2D eigenvalue weighted by molar-refractivity contribution is 7.92. The molecule has 0 saturated carbocycles. The molecule has 0 aliphatic heterocycles. The number of rotatable bonds is 9. The van der Waals surface area contributed by atoms with Gasteiger partial charge in [0.25, 0.3) is 15.9 Å². The number of ether oxygens (including phenoxy) is 2. The maximum Gasteiger partial charge on any atom is 0.261 e. The number of hydrogen-bond donors (Lipinski definition) is 2. The minimum Gasteiger partial charge on any atom is -0.491 e.